The second kappa shape index (κ2) is 4.83. The normalized spacial score (nSPS) is 30.1. The topological polar surface area (TPSA) is 0 Å². The largest absolute Gasteiger partial charge is 0.0879 e. The summed E-state index contributed by atoms with van der Waals surface area (Å²) in [6.45, 7) is 9.18. The van der Waals surface area contributed by atoms with Gasteiger partial charge in [-0.15, -0.1) is 0 Å². The molecular weight excluding hydrogens is 156 g/mol. The molecule has 1 fully saturated rings. The Kier molecular flexibility index (Phi) is 4.02. The third-order valence-corrected chi connectivity index (χ3v) is 3.33. The molecular formula is C13H24. The summed E-state index contributed by atoms with van der Waals surface area (Å²) >= 11 is 0. The monoisotopic (exact) mass is 180 g/mol. The molecule has 0 spiro atoms. The van der Waals surface area contributed by atoms with Crippen molar-refractivity contribution in [3.8, 4) is 0 Å². The van der Waals surface area contributed by atoms with Crippen LogP contribution in [0, 0.1) is 17.8 Å². The van der Waals surface area contributed by atoms with Crippen LogP contribution in [0.1, 0.15) is 53.4 Å². The van der Waals surface area contributed by atoms with Gasteiger partial charge in [0.1, 0.15) is 0 Å². The molecule has 76 valence electrons. The van der Waals surface area contributed by atoms with Crippen LogP contribution in [0.25, 0.3) is 0 Å². The Morgan fingerprint density at radius 2 is 2.00 bits per heavy atom. The number of unbranched alkanes of at least 4 members (excludes halogenated alkanes) is 1. The van der Waals surface area contributed by atoms with Crippen LogP contribution in [-0.4, -0.2) is 0 Å². The zero-order valence-corrected chi connectivity index (χ0v) is 9.64. The second-order valence-corrected chi connectivity index (χ2v) is 4.86. The molecule has 2 unspecified atom stereocenters. The van der Waals surface area contributed by atoms with E-state index < -0.39 is 0 Å². The fourth-order valence-corrected chi connectivity index (χ4v) is 2.30. The molecule has 0 amide bonds. The van der Waals surface area contributed by atoms with Gasteiger partial charge < -0.3 is 0 Å². The van der Waals surface area contributed by atoms with Gasteiger partial charge in [-0.3, -0.25) is 0 Å². The van der Waals surface area contributed by atoms with Gasteiger partial charge in [0.15, 0.2) is 0 Å². The molecule has 0 N–H and O–H groups in total. The third kappa shape index (κ3) is 3.17. The van der Waals surface area contributed by atoms with Crippen molar-refractivity contribution in [2.75, 3.05) is 0 Å². The van der Waals surface area contributed by atoms with Crippen molar-refractivity contribution in [1.29, 1.82) is 0 Å². The molecule has 13 heavy (non-hydrogen) atoms. The van der Waals surface area contributed by atoms with E-state index in [0.717, 1.165) is 17.8 Å². The first-order valence-corrected chi connectivity index (χ1v) is 5.83. The first-order chi connectivity index (χ1) is 6.16. The minimum absolute atomic E-state index is 0.887. The molecule has 0 bridgehead atoms. The first kappa shape index (κ1) is 10.8. The van der Waals surface area contributed by atoms with E-state index in [1.165, 1.54) is 25.7 Å². The number of hydrogen-bond donors (Lipinski definition) is 0. The van der Waals surface area contributed by atoms with E-state index in [1.807, 2.05) is 0 Å². The summed E-state index contributed by atoms with van der Waals surface area (Å²) in [4.78, 5) is 0. The smallest absolute Gasteiger partial charge is 0.0137 e. The lowest BCUT2D eigenvalue weighted by atomic mass is 10.0. The van der Waals surface area contributed by atoms with Gasteiger partial charge in [0, 0.05) is 0 Å². The Morgan fingerprint density at radius 3 is 2.46 bits per heavy atom. The van der Waals surface area contributed by atoms with E-state index in [4.69, 9.17) is 0 Å². The van der Waals surface area contributed by atoms with Crippen molar-refractivity contribution in [2.45, 2.75) is 53.4 Å². The molecule has 0 radical (unpaired) electrons. The van der Waals surface area contributed by atoms with Crippen LogP contribution in [0.2, 0.25) is 0 Å². The Bertz CT molecular complexity index is 176. The van der Waals surface area contributed by atoms with Crippen LogP contribution in [-0.2, 0) is 0 Å². The Balaban J connectivity index is 2.02. The van der Waals surface area contributed by atoms with Crippen molar-refractivity contribution in [3.63, 3.8) is 0 Å². The average Bonchev–Trinajstić information content (AvgIpc) is 2.69. The summed E-state index contributed by atoms with van der Waals surface area (Å²) < 4.78 is 0. The van der Waals surface area contributed by atoms with Crippen LogP contribution in [0.5, 0.6) is 0 Å². The molecule has 0 aromatic rings. The SMILES string of the molecule is CC=C1C(C)C1CCCCC(C)C. The fraction of sp³-hybridized carbons (Fsp3) is 0.846. The molecule has 0 nitrogen and oxygen atoms in total. The van der Waals surface area contributed by atoms with E-state index in [9.17, 15) is 0 Å². The van der Waals surface area contributed by atoms with Crippen LogP contribution in [0.15, 0.2) is 11.6 Å². The minimum Gasteiger partial charge on any atom is -0.0879 e. The molecule has 1 aliphatic carbocycles. The maximum absolute atomic E-state index is 2.36. The van der Waals surface area contributed by atoms with Gasteiger partial charge in [0.05, 0.1) is 0 Å². The fourth-order valence-electron chi connectivity index (χ4n) is 2.30. The van der Waals surface area contributed by atoms with E-state index in [1.54, 1.807) is 5.57 Å². The highest BCUT2D eigenvalue weighted by molar-refractivity contribution is 5.27. The van der Waals surface area contributed by atoms with Crippen molar-refractivity contribution < 1.29 is 0 Å². The Hall–Kier alpha value is -0.260. The standard InChI is InChI=1S/C13H24/c1-5-12-11(4)13(12)9-7-6-8-10(2)3/h5,10-11,13H,6-9H2,1-4H3. The van der Waals surface area contributed by atoms with Crippen LogP contribution >= 0.6 is 0 Å². The molecule has 0 saturated heterocycles. The van der Waals surface area contributed by atoms with Gasteiger partial charge in [-0.05, 0) is 31.1 Å². The summed E-state index contributed by atoms with van der Waals surface area (Å²) in [6, 6.07) is 0. The van der Waals surface area contributed by atoms with Gasteiger partial charge in [-0.1, -0.05) is 51.7 Å². The summed E-state index contributed by atoms with van der Waals surface area (Å²) in [6.07, 6.45) is 8.03. The lowest BCUT2D eigenvalue weighted by Gasteiger charge is -2.02. The van der Waals surface area contributed by atoms with Crippen LogP contribution in [0.3, 0.4) is 0 Å². The van der Waals surface area contributed by atoms with Crippen molar-refractivity contribution in [3.05, 3.63) is 11.6 Å². The maximum Gasteiger partial charge on any atom is -0.0137 e. The molecule has 1 saturated carbocycles. The van der Waals surface area contributed by atoms with Crippen molar-refractivity contribution in [2.24, 2.45) is 17.8 Å². The highest BCUT2D eigenvalue weighted by Crippen LogP contribution is 2.48. The molecule has 2 atom stereocenters. The summed E-state index contributed by atoms with van der Waals surface area (Å²) in [7, 11) is 0. The van der Waals surface area contributed by atoms with Crippen molar-refractivity contribution in [1.82, 2.24) is 0 Å². The van der Waals surface area contributed by atoms with E-state index in [2.05, 4.69) is 33.8 Å². The van der Waals surface area contributed by atoms with Gasteiger partial charge in [0.2, 0.25) is 0 Å². The predicted molar refractivity (Wildman–Crippen MR) is 59.7 cm³/mol. The highest BCUT2D eigenvalue weighted by Gasteiger charge is 2.37. The minimum atomic E-state index is 0.887. The number of allylic oxidation sites excluding steroid dienone is 2. The summed E-state index contributed by atoms with van der Waals surface area (Å²) in [5.74, 6) is 2.75. The average molecular weight is 180 g/mol. The van der Waals surface area contributed by atoms with E-state index >= 15 is 0 Å². The molecule has 0 aromatic heterocycles. The summed E-state index contributed by atoms with van der Waals surface area (Å²) in [5, 5.41) is 0. The molecule has 1 rings (SSSR count). The molecule has 0 aliphatic heterocycles. The Morgan fingerprint density at radius 1 is 1.31 bits per heavy atom. The van der Waals surface area contributed by atoms with Gasteiger partial charge in [0.25, 0.3) is 0 Å². The Labute approximate surface area is 83.4 Å². The third-order valence-electron chi connectivity index (χ3n) is 3.33. The molecule has 0 aromatic carbocycles. The van der Waals surface area contributed by atoms with Gasteiger partial charge in [-0.2, -0.15) is 0 Å². The number of hydrogen-bond acceptors (Lipinski definition) is 0. The molecule has 1 aliphatic rings. The zero-order valence-electron chi connectivity index (χ0n) is 9.64. The van der Waals surface area contributed by atoms with E-state index in [-0.39, 0.29) is 0 Å². The molecule has 0 heterocycles. The molecule has 0 heteroatoms. The van der Waals surface area contributed by atoms with E-state index in [0.29, 0.717) is 0 Å². The van der Waals surface area contributed by atoms with Crippen LogP contribution < -0.4 is 0 Å². The summed E-state index contributed by atoms with van der Waals surface area (Å²) in [5.41, 5.74) is 1.71. The van der Waals surface area contributed by atoms with Gasteiger partial charge in [-0.25, -0.2) is 0 Å². The number of rotatable bonds is 5. The first-order valence-electron chi connectivity index (χ1n) is 5.83. The van der Waals surface area contributed by atoms with Gasteiger partial charge >= 0.3 is 0 Å². The highest BCUT2D eigenvalue weighted by atomic mass is 14.4. The lowest BCUT2D eigenvalue weighted by Crippen LogP contribution is -1.88. The maximum atomic E-state index is 2.36. The second-order valence-electron chi connectivity index (χ2n) is 4.86. The predicted octanol–water partition coefficient (Wildman–Crippen LogP) is 4.42. The van der Waals surface area contributed by atoms with Crippen molar-refractivity contribution >= 4 is 0 Å². The van der Waals surface area contributed by atoms with Crippen LogP contribution in [0.4, 0.5) is 0 Å². The zero-order chi connectivity index (χ0) is 9.84. The lowest BCUT2D eigenvalue weighted by molar-refractivity contribution is 0.510. The quantitative estimate of drug-likeness (QED) is 0.434.